The Kier molecular flexibility index (Phi) is 5.51. The predicted octanol–water partition coefficient (Wildman–Crippen LogP) is 3.02. The summed E-state index contributed by atoms with van der Waals surface area (Å²) < 4.78 is 0. The summed E-state index contributed by atoms with van der Waals surface area (Å²) in [7, 11) is 2.10. The molecule has 1 aromatic carbocycles. The molecule has 3 aromatic rings. The molecule has 0 unspecified atom stereocenters. The van der Waals surface area contributed by atoms with Crippen LogP contribution in [0.5, 0.6) is 0 Å². The minimum Gasteiger partial charge on any atom is -0.340 e. The first-order valence-corrected chi connectivity index (χ1v) is 11.4. The van der Waals surface area contributed by atoms with Gasteiger partial charge in [-0.2, -0.15) is 0 Å². The average Bonchev–Trinajstić information content (AvgIpc) is 3.28. The normalized spacial score (nSPS) is 19.7. The predicted molar refractivity (Wildman–Crippen MR) is 126 cm³/mol. The van der Waals surface area contributed by atoms with Gasteiger partial charge in [-0.05, 0) is 45.5 Å². The van der Waals surface area contributed by atoms with Crippen LogP contribution in [0.25, 0.3) is 10.9 Å². The number of likely N-dealkylation sites (N-methyl/N-ethyl adjacent to an activating group) is 1. The Morgan fingerprint density at radius 1 is 0.938 bits per heavy atom. The molecule has 0 spiro atoms. The monoisotopic (exact) mass is 430 g/mol. The number of fused-ring (bicyclic) bond motifs is 1. The summed E-state index contributed by atoms with van der Waals surface area (Å²) in [6.45, 7) is 9.08. The number of nitrogens with zero attached hydrogens (tertiary/aromatic N) is 6. The number of para-hydroxylation sites is 1. The summed E-state index contributed by atoms with van der Waals surface area (Å²) >= 11 is 0. The zero-order valence-corrected chi connectivity index (χ0v) is 19.1. The van der Waals surface area contributed by atoms with Gasteiger partial charge in [0.2, 0.25) is 5.95 Å². The van der Waals surface area contributed by atoms with Crippen molar-refractivity contribution in [3.8, 4) is 0 Å². The van der Waals surface area contributed by atoms with Crippen molar-refractivity contribution < 1.29 is 4.79 Å². The van der Waals surface area contributed by atoms with Gasteiger partial charge < -0.3 is 14.7 Å². The van der Waals surface area contributed by atoms with Gasteiger partial charge in [0.25, 0.3) is 5.91 Å². The van der Waals surface area contributed by atoms with Crippen LogP contribution in [0.1, 0.15) is 39.8 Å². The number of benzene rings is 1. The molecule has 2 saturated heterocycles. The average molecular weight is 431 g/mol. The minimum absolute atomic E-state index is 0.116. The van der Waals surface area contributed by atoms with Gasteiger partial charge in [-0.3, -0.25) is 9.78 Å². The SMILES string of the molecule is Cc1cc(C)nc(N2CC[C@H](c3cc(C(=O)N4CCN(C)CC4)c4ccccc4n3)C2)n1. The number of piperazine rings is 1. The van der Waals surface area contributed by atoms with Crippen LogP contribution in [0.15, 0.2) is 36.4 Å². The number of aromatic nitrogens is 3. The van der Waals surface area contributed by atoms with Crippen molar-refractivity contribution in [2.24, 2.45) is 0 Å². The molecule has 5 rings (SSSR count). The van der Waals surface area contributed by atoms with Gasteiger partial charge in [0.1, 0.15) is 0 Å². The summed E-state index contributed by atoms with van der Waals surface area (Å²) in [6.07, 6.45) is 0.976. The first-order chi connectivity index (χ1) is 15.5. The van der Waals surface area contributed by atoms with Crippen LogP contribution in [0.3, 0.4) is 0 Å². The van der Waals surface area contributed by atoms with E-state index in [1.165, 1.54) is 0 Å². The Morgan fingerprint density at radius 2 is 1.66 bits per heavy atom. The highest BCUT2D eigenvalue weighted by molar-refractivity contribution is 6.06. The zero-order chi connectivity index (χ0) is 22.2. The van der Waals surface area contributed by atoms with Gasteiger partial charge >= 0.3 is 0 Å². The smallest absolute Gasteiger partial charge is 0.254 e. The van der Waals surface area contributed by atoms with E-state index >= 15 is 0 Å². The number of hydrogen-bond acceptors (Lipinski definition) is 6. The van der Waals surface area contributed by atoms with E-state index in [-0.39, 0.29) is 11.8 Å². The second-order valence-corrected chi connectivity index (χ2v) is 9.09. The second kappa shape index (κ2) is 8.47. The highest BCUT2D eigenvalue weighted by Gasteiger charge is 2.29. The lowest BCUT2D eigenvalue weighted by Crippen LogP contribution is -2.47. The third kappa shape index (κ3) is 4.05. The standard InChI is InChI=1S/C25H30N6O/c1-17-14-18(2)27-25(26-17)31-9-8-19(16-31)23-15-21(20-6-4-5-7-22(20)28-23)24(32)30-12-10-29(3)11-13-30/h4-7,14-15,19H,8-13,16H2,1-3H3/t19-/m0/s1. The number of aryl methyl sites for hydroxylation is 2. The molecular formula is C25H30N6O. The van der Waals surface area contributed by atoms with Gasteiger partial charge in [0.15, 0.2) is 0 Å². The molecule has 0 saturated carbocycles. The molecule has 7 heteroatoms. The van der Waals surface area contributed by atoms with Crippen LogP contribution in [0.4, 0.5) is 5.95 Å². The number of carbonyl (C=O) groups is 1. The molecule has 1 amide bonds. The topological polar surface area (TPSA) is 65.5 Å². The van der Waals surface area contributed by atoms with Gasteiger partial charge in [0, 0.05) is 67.7 Å². The van der Waals surface area contributed by atoms with Crippen LogP contribution in [-0.4, -0.2) is 77.0 Å². The van der Waals surface area contributed by atoms with E-state index in [1.807, 2.05) is 55.1 Å². The van der Waals surface area contributed by atoms with Crippen LogP contribution >= 0.6 is 0 Å². The third-order valence-corrected chi connectivity index (χ3v) is 6.62. The Labute approximate surface area is 189 Å². The van der Waals surface area contributed by atoms with Gasteiger partial charge in [0.05, 0.1) is 11.1 Å². The summed E-state index contributed by atoms with van der Waals surface area (Å²) in [5.41, 5.74) is 4.63. The molecule has 0 N–H and O–H groups in total. The Balaban J connectivity index is 1.45. The lowest BCUT2D eigenvalue weighted by Gasteiger charge is -2.32. The highest BCUT2D eigenvalue weighted by atomic mass is 16.2. The number of anilines is 1. The van der Waals surface area contributed by atoms with E-state index in [1.54, 1.807) is 0 Å². The minimum atomic E-state index is 0.116. The quantitative estimate of drug-likeness (QED) is 0.636. The molecule has 2 fully saturated rings. The number of rotatable bonds is 3. The number of pyridine rings is 1. The molecule has 32 heavy (non-hydrogen) atoms. The maximum Gasteiger partial charge on any atom is 0.254 e. The molecule has 0 bridgehead atoms. The molecule has 2 aliphatic heterocycles. The molecule has 1 atom stereocenters. The van der Waals surface area contributed by atoms with Crippen molar-refractivity contribution in [2.45, 2.75) is 26.2 Å². The number of hydrogen-bond donors (Lipinski definition) is 0. The van der Waals surface area contributed by atoms with Crippen molar-refractivity contribution in [3.63, 3.8) is 0 Å². The number of carbonyl (C=O) groups excluding carboxylic acids is 1. The van der Waals surface area contributed by atoms with E-state index in [9.17, 15) is 4.79 Å². The van der Waals surface area contributed by atoms with Crippen LogP contribution in [0, 0.1) is 13.8 Å². The van der Waals surface area contributed by atoms with Crippen LogP contribution < -0.4 is 4.90 Å². The second-order valence-electron chi connectivity index (χ2n) is 9.09. The molecular weight excluding hydrogens is 400 g/mol. The van der Waals surface area contributed by atoms with Crippen molar-refractivity contribution in [1.82, 2.24) is 24.8 Å². The third-order valence-electron chi connectivity index (χ3n) is 6.62. The van der Waals surface area contributed by atoms with Crippen molar-refractivity contribution in [3.05, 3.63) is 59.0 Å². The summed E-state index contributed by atoms with van der Waals surface area (Å²) in [6, 6.07) is 12.0. The van der Waals surface area contributed by atoms with Crippen molar-refractivity contribution in [2.75, 3.05) is 51.2 Å². The summed E-state index contributed by atoms with van der Waals surface area (Å²) in [5, 5.41) is 0.938. The van der Waals surface area contributed by atoms with E-state index in [0.29, 0.717) is 0 Å². The van der Waals surface area contributed by atoms with E-state index in [4.69, 9.17) is 4.98 Å². The molecule has 0 radical (unpaired) electrons. The van der Waals surface area contributed by atoms with E-state index in [0.717, 1.165) is 85.2 Å². The van der Waals surface area contributed by atoms with Crippen LogP contribution in [-0.2, 0) is 0 Å². The first-order valence-electron chi connectivity index (χ1n) is 11.4. The largest absolute Gasteiger partial charge is 0.340 e. The maximum atomic E-state index is 13.5. The summed E-state index contributed by atoms with van der Waals surface area (Å²) in [4.78, 5) is 34.2. The lowest BCUT2D eigenvalue weighted by atomic mass is 9.98. The fourth-order valence-corrected chi connectivity index (χ4v) is 4.79. The van der Waals surface area contributed by atoms with Crippen LogP contribution in [0.2, 0.25) is 0 Å². The molecule has 0 aliphatic carbocycles. The van der Waals surface area contributed by atoms with Gasteiger partial charge in [-0.25, -0.2) is 9.97 Å². The highest BCUT2D eigenvalue weighted by Crippen LogP contribution is 2.31. The Bertz CT molecular complexity index is 1130. The molecule has 2 aromatic heterocycles. The van der Waals surface area contributed by atoms with Crippen molar-refractivity contribution in [1.29, 1.82) is 0 Å². The van der Waals surface area contributed by atoms with Gasteiger partial charge in [-0.15, -0.1) is 0 Å². The molecule has 7 nitrogen and oxygen atoms in total. The van der Waals surface area contributed by atoms with Gasteiger partial charge in [-0.1, -0.05) is 18.2 Å². The lowest BCUT2D eigenvalue weighted by molar-refractivity contribution is 0.0666. The molecule has 166 valence electrons. The van der Waals surface area contributed by atoms with E-state index < -0.39 is 0 Å². The fourth-order valence-electron chi connectivity index (χ4n) is 4.79. The zero-order valence-electron chi connectivity index (χ0n) is 19.1. The van der Waals surface area contributed by atoms with E-state index in [2.05, 4.69) is 26.8 Å². The van der Waals surface area contributed by atoms with Crippen molar-refractivity contribution >= 4 is 22.8 Å². The number of amides is 1. The maximum absolute atomic E-state index is 13.5. The Hall–Kier alpha value is -3.06. The fraction of sp³-hybridized carbons (Fsp3) is 0.440. The first kappa shape index (κ1) is 20.8. The molecule has 2 aliphatic rings. The molecule has 4 heterocycles. The summed E-state index contributed by atoms with van der Waals surface area (Å²) in [5.74, 6) is 1.16. The Morgan fingerprint density at radius 3 is 2.41 bits per heavy atom.